The van der Waals surface area contributed by atoms with Crippen LogP contribution in [-0.4, -0.2) is 43.0 Å². The van der Waals surface area contributed by atoms with Crippen LogP contribution < -0.4 is 15.5 Å². The van der Waals surface area contributed by atoms with E-state index >= 15 is 0 Å². The largest absolute Gasteiger partial charge is 0.361 e. The van der Waals surface area contributed by atoms with Crippen molar-refractivity contribution in [2.75, 3.05) is 25.0 Å². The maximum absolute atomic E-state index is 14.3. The van der Waals surface area contributed by atoms with Crippen LogP contribution in [0.1, 0.15) is 50.3 Å². The molecule has 1 aliphatic heterocycles. The fraction of sp³-hybridized carbons (Fsp3) is 0.448. The number of carbonyl (C=O) groups excluding carboxylic acids is 2. The van der Waals surface area contributed by atoms with Crippen molar-refractivity contribution in [3.8, 4) is 0 Å². The molecule has 6 nitrogen and oxygen atoms in total. The van der Waals surface area contributed by atoms with Crippen molar-refractivity contribution in [2.24, 2.45) is 11.3 Å². The molecule has 35 heavy (non-hydrogen) atoms. The van der Waals surface area contributed by atoms with Gasteiger partial charge in [-0.25, -0.2) is 0 Å². The summed E-state index contributed by atoms with van der Waals surface area (Å²) in [5.41, 5.74) is 4.77. The summed E-state index contributed by atoms with van der Waals surface area (Å²) >= 11 is 0. The van der Waals surface area contributed by atoms with Crippen LogP contribution in [0.15, 0.2) is 48.7 Å². The van der Waals surface area contributed by atoms with E-state index in [1.807, 2.05) is 64.0 Å². The van der Waals surface area contributed by atoms with Crippen molar-refractivity contribution in [3.05, 3.63) is 65.4 Å². The van der Waals surface area contributed by atoms with E-state index in [-0.39, 0.29) is 17.7 Å². The van der Waals surface area contributed by atoms with E-state index in [0.29, 0.717) is 12.5 Å². The highest BCUT2D eigenvalue weighted by Crippen LogP contribution is 2.34. The fourth-order valence-corrected chi connectivity index (χ4v) is 5.08. The van der Waals surface area contributed by atoms with Crippen LogP contribution in [-0.2, 0) is 16.0 Å². The number of hydrogen-bond acceptors (Lipinski definition) is 3. The number of aromatic nitrogens is 1. The predicted octanol–water partition coefficient (Wildman–Crippen LogP) is 4.54. The van der Waals surface area contributed by atoms with Gasteiger partial charge in [0.25, 0.3) is 0 Å². The molecule has 6 heteroatoms. The first-order valence-corrected chi connectivity index (χ1v) is 12.5. The van der Waals surface area contributed by atoms with Crippen LogP contribution in [0.25, 0.3) is 10.9 Å². The van der Waals surface area contributed by atoms with E-state index in [2.05, 4.69) is 46.8 Å². The number of hydrogen-bond donors (Lipinski definition) is 3. The van der Waals surface area contributed by atoms with Gasteiger partial charge in [-0.1, -0.05) is 63.6 Å². The Labute approximate surface area is 208 Å². The summed E-state index contributed by atoms with van der Waals surface area (Å²) in [6.07, 6.45) is 2.90. The molecule has 0 spiro atoms. The summed E-state index contributed by atoms with van der Waals surface area (Å²) < 4.78 is 0. The Morgan fingerprint density at radius 3 is 2.63 bits per heavy atom. The Bertz CT molecular complexity index is 1220. The number of H-pyrrole nitrogens is 1. The molecule has 2 aromatic carbocycles. The quantitative estimate of drug-likeness (QED) is 0.491. The maximum Gasteiger partial charge on any atom is 0.250 e. The van der Waals surface area contributed by atoms with Crippen LogP contribution >= 0.6 is 0 Å². The molecule has 2 heterocycles. The van der Waals surface area contributed by atoms with Gasteiger partial charge in [0.1, 0.15) is 6.04 Å². The first kappa shape index (κ1) is 25.0. The number of anilines is 1. The van der Waals surface area contributed by atoms with Gasteiger partial charge in [0.15, 0.2) is 0 Å². The second-order valence-electron chi connectivity index (χ2n) is 11.0. The summed E-state index contributed by atoms with van der Waals surface area (Å²) in [6.45, 7) is 11.2. The lowest BCUT2D eigenvalue weighted by molar-refractivity contribution is -0.133. The van der Waals surface area contributed by atoms with Crippen LogP contribution in [0.5, 0.6) is 0 Å². The Kier molecular flexibility index (Phi) is 7.04. The van der Waals surface area contributed by atoms with E-state index in [9.17, 15) is 9.59 Å². The number of nitrogens with one attached hydrogen (secondary N) is 3. The number of rotatable bonds is 6. The lowest BCUT2D eigenvalue weighted by Gasteiger charge is -2.38. The Hall–Kier alpha value is -3.12. The van der Waals surface area contributed by atoms with E-state index in [0.717, 1.165) is 35.1 Å². The topological polar surface area (TPSA) is 77.2 Å². The average molecular weight is 475 g/mol. The molecule has 2 unspecified atom stereocenters. The summed E-state index contributed by atoms with van der Waals surface area (Å²) in [4.78, 5) is 32.7. The Balaban J connectivity index is 1.75. The molecule has 186 valence electrons. The smallest absolute Gasteiger partial charge is 0.250 e. The summed E-state index contributed by atoms with van der Waals surface area (Å²) in [5, 5.41) is 7.49. The van der Waals surface area contributed by atoms with Gasteiger partial charge in [0.05, 0.1) is 0 Å². The molecule has 1 aromatic heterocycles. The van der Waals surface area contributed by atoms with Gasteiger partial charge < -0.3 is 20.5 Å². The third-order valence-electron chi connectivity index (χ3n) is 7.08. The number of benzene rings is 2. The van der Waals surface area contributed by atoms with Gasteiger partial charge >= 0.3 is 0 Å². The normalized spacial score (nSPS) is 17.7. The SMILES string of the molecule is CNC[C@H]1Cc2cc(C)ccc2N(C(=O)C(NC(=O)C(C)(C)C)C(C)c2c[nH]c3ccccc23)C1. The average Bonchev–Trinajstić information content (AvgIpc) is 3.24. The van der Waals surface area contributed by atoms with Crippen molar-refractivity contribution in [2.45, 2.75) is 53.0 Å². The monoisotopic (exact) mass is 474 g/mol. The number of para-hydroxylation sites is 1. The van der Waals surface area contributed by atoms with Crippen LogP contribution in [0.2, 0.25) is 0 Å². The first-order chi connectivity index (χ1) is 16.6. The lowest BCUT2D eigenvalue weighted by atomic mass is 9.87. The second kappa shape index (κ2) is 9.86. The maximum atomic E-state index is 14.3. The third kappa shape index (κ3) is 5.13. The van der Waals surface area contributed by atoms with Crippen molar-refractivity contribution in [1.82, 2.24) is 15.6 Å². The minimum atomic E-state index is -0.691. The molecule has 3 atom stereocenters. The van der Waals surface area contributed by atoms with Gasteiger partial charge in [0, 0.05) is 40.7 Å². The van der Waals surface area contributed by atoms with Crippen LogP contribution in [0, 0.1) is 18.3 Å². The molecule has 3 aromatic rings. The zero-order valence-corrected chi connectivity index (χ0v) is 21.7. The van der Waals surface area contributed by atoms with Gasteiger partial charge in [-0.05, 0) is 56.1 Å². The number of fused-ring (bicyclic) bond motifs is 2. The molecular weight excluding hydrogens is 436 g/mol. The van der Waals surface area contributed by atoms with Gasteiger partial charge in [-0.15, -0.1) is 0 Å². The number of aromatic amines is 1. The highest BCUT2D eigenvalue weighted by atomic mass is 16.2. The number of nitrogens with zero attached hydrogens (tertiary/aromatic N) is 1. The minimum Gasteiger partial charge on any atom is -0.361 e. The summed E-state index contributed by atoms with van der Waals surface area (Å²) in [5.74, 6) is -0.106. The summed E-state index contributed by atoms with van der Waals surface area (Å²) in [6, 6.07) is 13.7. The molecule has 0 radical (unpaired) electrons. The van der Waals surface area contributed by atoms with E-state index < -0.39 is 11.5 Å². The molecule has 0 aliphatic carbocycles. The lowest BCUT2D eigenvalue weighted by Crippen LogP contribution is -2.55. The highest BCUT2D eigenvalue weighted by molar-refractivity contribution is 6.01. The van der Waals surface area contributed by atoms with Gasteiger partial charge in [-0.2, -0.15) is 0 Å². The van der Waals surface area contributed by atoms with Crippen molar-refractivity contribution in [3.63, 3.8) is 0 Å². The molecule has 3 N–H and O–H groups in total. The van der Waals surface area contributed by atoms with Crippen molar-refractivity contribution in [1.29, 1.82) is 0 Å². The third-order valence-corrected chi connectivity index (χ3v) is 7.08. The van der Waals surface area contributed by atoms with E-state index in [1.54, 1.807) is 0 Å². The zero-order chi connectivity index (χ0) is 25.3. The van der Waals surface area contributed by atoms with Crippen molar-refractivity contribution < 1.29 is 9.59 Å². The fourth-order valence-electron chi connectivity index (χ4n) is 5.08. The molecule has 4 rings (SSSR count). The number of amides is 2. The summed E-state index contributed by atoms with van der Waals surface area (Å²) in [7, 11) is 1.95. The molecule has 0 bridgehead atoms. The van der Waals surface area contributed by atoms with E-state index in [1.165, 1.54) is 11.1 Å². The highest BCUT2D eigenvalue weighted by Gasteiger charge is 2.38. The van der Waals surface area contributed by atoms with Crippen LogP contribution in [0.4, 0.5) is 5.69 Å². The van der Waals surface area contributed by atoms with Gasteiger partial charge in [0.2, 0.25) is 11.8 Å². The molecule has 0 saturated carbocycles. The minimum absolute atomic E-state index is 0.0636. The van der Waals surface area contributed by atoms with Gasteiger partial charge in [-0.3, -0.25) is 9.59 Å². The Morgan fingerprint density at radius 2 is 1.91 bits per heavy atom. The Morgan fingerprint density at radius 1 is 1.17 bits per heavy atom. The van der Waals surface area contributed by atoms with Crippen LogP contribution in [0.3, 0.4) is 0 Å². The first-order valence-electron chi connectivity index (χ1n) is 12.5. The predicted molar refractivity (Wildman–Crippen MR) is 143 cm³/mol. The molecule has 0 saturated heterocycles. The number of aryl methyl sites for hydroxylation is 1. The molecule has 1 aliphatic rings. The molecular formula is C29H38N4O2. The van der Waals surface area contributed by atoms with Crippen molar-refractivity contribution >= 4 is 28.4 Å². The zero-order valence-electron chi connectivity index (χ0n) is 21.7. The standard InChI is InChI=1S/C29H38N4O2/c1-18-11-12-25-21(13-18)14-20(15-30-6)17-33(25)27(34)26(32-28(35)29(3,4)5)19(2)23-16-31-24-10-8-7-9-22(23)24/h7-13,16,19-20,26,30-31H,14-15,17H2,1-6H3,(H,32,35)/t19?,20-,26?/m1/s1. The van der Waals surface area contributed by atoms with E-state index in [4.69, 9.17) is 0 Å². The number of carbonyl (C=O) groups is 2. The second-order valence-corrected chi connectivity index (χ2v) is 11.0. The molecule has 2 amide bonds. The molecule has 0 fully saturated rings.